The van der Waals surface area contributed by atoms with Crippen LogP contribution in [0.25, 0.3) is 0 Å². The van der Waals surface area contributed by atoms with E-state index in [0.717, 1.165) is 19.6 Å². The zero-order valence-electron chi connectivity index (χ0n) is 36.8. The van der Waals surface area contributed by atoms with Gasteiger partial charge in [0.05, 0.1) is 0 Å². The fourth-order valence-electron chi connectivity index (χ4n) is 3.52. The Kier molecular flexibility index (Phi) is 29.5. The number of hydrogen-bond donors (Lipinski definition) is 9. The molecule has 2 amide bonds. The molecule has 3 rings (SSSR count). The summed E-state index contributed by atoms with van der Waals surface area (Å²) in [6.07, 6.45) is 4.77. The predicted molar refractivity (Wildman–Crippen MR) is 246 cm³/mol. The number of rotatable bonds is 18. The summed E-state index contributed by atoms with van der Waals surface area (Å²) in [5, 5.41) is 22.4. The Morgan fingerprint density at radius 2 is 0.850 bits per heavy atom. The Labute approximate surface area is 371 Å². The summed E-state index contributed by atoms with van der Waals surface area (Å²) >= 11 is 10.1. The quantitative estimate of drug-likeness (QED) is 0.0626. The van der Waals surface area contributed by atoms with Gasteiger partial charge in [-0.15, -0.1) is 0 Å². The van der Waals surface area contributed by atoms with Crippen molar-refractivity contribution in [3.63, 3.8) is 0 Å². The van der Waals surface area contributed by atoms with E-state index in [9.17, 15) is 9.59 Å². The molecule has 3 aromatic heterocycles. The summed E-state index contributed by atoms with van der Waals surface area (Å²) in [5.74, 6) is 2.54. The highest BCUT2D eigenvalue weighted by atomic mass is 35.5. The number of carbonyl (C=O) groups is 2. The summed E-state index contributed by atoms with van der Waals surface area (Å²) in [4.78, 5) is 60.2. The Balaban J connectivity index is 0.000000854. The lowest BCUT2D eigenvalue weighted by Crippen LogP contribution is -2.35. The van der Waals surface area contributed by atoms with Gasteiger partial charge in [0.2, 0.25) is 35.0 Å². The van der Waals surface area contributed by atoms with Crippen LogP contribution in [0.1, 0.15) is 62.3 Å². The molecule has 0 aliphatic heterocycles. The first-order chi connectivity index (χ1) is 28.3. The van der Waals surface area contributed by atoms with Gasteiger partial charge >= 0.3 is 12.2 Å². The van der Waals surface area contributed by atoms with Crippen molar-refractivity contribution >= 4 is 88.8 Å². The van der Waals surface area contributed by atoms with E-state index in [1.54, 1.807) is 0 Å². The van der Waals surface area contributed by atoms with Crippen LogP contribution in [0.5, 0.6) is 0 Å². The number of nitrogens with zero attached hydrogens (tertiary/aromatic N) is 9. The van der Waals surface area contributed by atoms with Gasteiger partial charge in [-0.1, -0.05) is 42.2 Å². The van der Waals surface area contributed by atoms with Crippen LogP contribution in [0, 0.1) is 0 Å². The zero-order chi connectivity index (χ0) is 45.6. The number of nitrogens with two attached hydrogens (primary N) is 2. The molecule has 0 atom stereocenters. The third-order valence-electron chi connectivity index (χ3n) is 5.62. The minimum atomic E-state index is -0.507. The molecule has 0 saturated heterocycles. The normalized spacial score (nSPS) is 10.5. The smallest absolute Gasteiger partial charge is 0.407 e. The molecule has 0 radical (unpaired) electrons. The van der Waals surface area contributed by atoms with Crippen LogP contribution in [-0.2, 0) is 9.47 Å². The Morgan fingerprint density at radius 3 is 1.17 bits per heavy atom. The van der Waals surface area contributed by atoms with E-state index >= 15 is 0 Å². The number of aromatic nitrogens is 9. The number of anilines is 5. The van der Waals surface area contributed by atoms with Gasteiger partial charge in [0.1, 0.15) is 11.2 Å². The molecule has 22 nitrogen and oxygen atoms in total. The summed E-state index contributed by atoms with van der Waals surface area (Å²) in [6.45, 7) is 22.0. The first-order valence-corrected chi connectivity index (χ1v) is 23.0. The number of amides is 2. The van der Waals surface area contributed by atoms with Crippen LogP contribution < -0.4 is 48.7 Å². The molecule has 11 N–H and O–H groups in total. The van der Waals surface area contributed by atoms with E-state index in [1.807, 2.05) is 81.1 Å². The van der Waals surface area contributed by atoms with Gasteiger partial charge in [-0.05, 0) is 92.3 Å². The molecule has 0 aliphatic rings. The number of ether oxygens (including phenoxy) is 2. The number of hydrogen-bond acceptors (Lipinski definition) is 23. The van der Waals surface area contributed by atoms with Crippen LogP contribution >= 0.6 is 46.9 Å². The van der Waals surface area contributed by atoms with Crippen LogP contribution in [0.15, 0.2) is 15.5 Å². The summed E-state index contributed by atoms with van der Waals surface area (Å²) in [6, 6.07) is 0. The van der Waals surface area contributed by atoms with Crippen molar-refractivity contribution in [2.75, 3.05) is 104 Å². The van der Waals surface area contributed by atoms with Crippen molar-refractivity contribution in [2.45, 2.75) is 89.0 Å². The molecule has 0 aliphatic carbocycles. The molecular formula is C34H65ClN18O4S3. The molecule has 3 aromatic rings. The van der Waals surface area contributed by atoms with Gasteiger partial charge in [-0.25, -0.2) is 9.59 Å². The first-order valence-electron chi connectivity index (χ1n) is 18.9. The van der Waals surface area contributed by atoms with Crippen molar-refractivity contribution in [3.05, 3.63) is 5.28 Å². The van der Waals surface area contributed by atoms with Crippen molar-refractivity contribution in [3.8, 4) is 0 Å². The molecule has 3 heterocycles. The molecule has 60 heavy (non-hydrogen) atoms. The van der Waals surface area contributed by atoms with Crippen molar-refractivity contribution < 1.29 is 19.1 Å². The van der Waals surface area contributed by atoms with E-state index < -0.39 is 23.4 Å². The van der Waals surface area contributed by atoms with Gasteiger partial charge in [-0.2, -0.15) is 44.9 Å². The van der Waals surface area contributed by atoms with Gasteiger partial charge < -0.3 is 58.2 Å². The van der Waals surface area contributed by atoms with E-state index in [0.29, 0.717) is 84.5 Å². The first kappa shape index (κ1) is 55.8. The summed E-state index contributed by atoms with van der Waals surface area (Å²) in [7, 11) is 0. The summed E-state index contributed by atoms with van der Waals surface area (Å²) < 4.78 is 10.2. The van der Waals surface area contributed by atoms with E-state index in [-0.39, 0.29) is 5.28 Å². The molecule has 0 unspecified atom stereocenters. The van der Waals surface area contributed by atoms with Crippen molar-refractivity contribution in [2.24, 2.45) is 11.5 Å². The number of nitrogens with one attached hydrogen (secondary N) is 7. The molecule has 0 spiro atoms. The third-order valence-corrected chi connectivity index (χ3v) is 7.43. The Morgan fingerprint density at radius 1 is 0.533 bits per heavy atom. The molecule has 340 valence electrons. The maximum Gasteiger partial charge on any atom is 0.407 e. The van der Waals surface area contributed by atoms with Gasteiger partial charge in [0.25, 0.3) is 0 Å². The highest BCUT2D eigenvalue weighted by Gasteiger charge is 2.16. The molecule has 26 heteroatoms. The van der Waals surface area contributed by atoms with E-state index in [4.69, 9.17) is 32.5 Å². The number of halogens is 1. The topological polar surface area (TPSA) is 305 Å². The summed E-state index contributed by atoms with van der Waals surface area (Å²) in [5.41, 5.74) is 9.23. The maximum absolute atomic E-state index is 11.5. The lowest BCUT2D eigenvalue weighted by molar-refractivity contribution is 0.0518. The van der Waals surface area contributed by atoms with Gasteiger partial charge in [-0.3, -0.25) is 0 Å². The fraction of sp³-hybridized carbons (Fsp3) is 0.676. The second kappa shape index (κ2) is 31.7. The highest BCUT2D eigenvalue weighted by molar-refractivity contribution is 7.98. The average Bonchev–Trinajstić information content (AvgIpc) is 3.16. The minimum absolute atomic E-state index is 0.131. The lowest BCUT2D eigenvalue weighted by atomic mass is 10.2. The standard InChI is InChI=1S/C13H24N6O2S.C11H18ClN5O2S.C8H16N6S.C2H7N/c1-6-14-9-17-10(19-11(18-9)22-5)15-7-8-16-12(20)21-13(2,3)4;1-11(2,3)19-10(18)14-6-5-13-8-15-7(12)16-9(17-8)20-4;1-3-10-6-12-7(11-5-4-9)14-8(13-6)15-2;1-2-3/h6-8H2,1-5H3,(H,16,20)(H2,14,15,17,18,19);5-6H2,1-4H3,(H,14,18)(H,13,15,16,17);3-5,9H2,1-2H3,(H2,10,11,12,13,14);2-3H2,1H3. The predicted octanol–water partition coefficient (Wildman–Crippen LogP) is 4.51. The largest absolute Gasteiger partial charge is 0.444 e. The van der Waals surface area contributed by atoms with Gasteiger partial charge in [0, 0.05) is 52.4 Å². The fourth-order valence-corrected chi connectivity index (χ4v) is 4.80. The molecule has 0 aromatic carbocycles. The number of thioether (sulfide) groups is 3. The average molecular weight is 922 g/mol. The van der Waals surface area contributed by atoms with Crippen LogP contribution in [0.3, 0.4) is 0 Å². The number of alkyl carbamates (subject to hydrolysis) is 2. The monoisotopic (exact) mass is 920 g/mol. The van der Waals surface area contributed by atoms with Crippen molar-refractivity contribution in [1.29, 1.82) is 0 Å². The molecule has 0 fully saturated rings. The van der Waals surface area contributed by atoms with Crippen molar-refractivity contribution in [1.82, 2.24) is 55.5 Å². The van der Waals surface area contributed by atoms with Crippen LogP contribution in [0.2, 0.25) is 5.28 Å². The second-order valence-corrected chi connectivity index (χ2v) is 15.9. The second-order valence-electron chi connectivity index (χ2n) is 13.2. The Bertz CT molecular complexity index is 1660. The highest BCUT2D eigenvalue weighted by Crippen LogP contribution is 2.15. The maximum atomic E-state index is 11.5. The third kappa shape index (κ3) is 29.1. The lowest BCUT2D eigenvalue weighted by Gasteiger charge is -2.19. The van der Waals surface area contributed by atoms with E-state index in [1.165, 1.54) is 35.3 Å². The number of carbonyl (C=O) groups excluding carboxylic acids is 2. The van der Waals surface area contributed by atoms with E-state index in [2.05, 4.69) is 82.1 Å². The minimum Gasteiger partial charge on any atom is -0.444 e. The Hall–Kier alpha value is -4.17. The van der Waals surface area contributed by atoms with Crippen LogP contribution in [-0.4, -0.2) is 146 Å². The van der Waals surface area contributed by atoms with Crippen LogP contribution in [0.4, 0.5) is 39.3 Å². The van der Waals surface area contributed by atoms with Gasteiger partial charge in [0.15, 0.2) is 15.5 Å². The molecular weight excluding hydrogens is 856 g/mol. The molecule has 0 saturated carbocycles. The zero-order valence-corrected chi connectivity index (χ0v) is 40.0. The SMILES string of the molecule is CCN.CCNc1nc(NCCN)nc(SC)n1.CCNc1nc(NCCNC(=O)OC(C)(C)C)nc(SC)n1.CSc1nc(Cl)nc(NCCNC(=O)OC(C)(C)C)n1. The molecule has 0 bridgehead atoms.